The first kappa shape index (κ1) is 25.1. The summed E-state index contributed by atoms with van der Waals surface area (Å²) in [5, 5.41) is 0. The molecule has 3 rings (SSSR count). The fraction of sp³-hybridized carbons (Fsp3) is 0.385. The Labute approximate surface area is 199 Å². The van der Waals surface area contributed by atoms with E-state index in [1.165, 1.54) is 7.11 Å². The van der Waals surface area contributed by atoms with E-state index in [9.17, 15) is 4.79 Å². The minimum atomic E-state index is -0.632. The lowest BCUT2D eigenvalue weighted by Crippen LogP contribution is -2.28. The van der Waals surface area contributed by atoms with Crippen molar-refractivity contribution in [1.29, 1.82) is 0 Å². The number of carbonyl (C=O) groups is 1. The lowest BCUT2D eigenvalue weighted by molar-refractivity contribution is -0.153. The molecule has 0 fully saturated rings. The number of ether oxygens (including phenoxy) is 5. The van der Waals surface area contributed by atoms with E-state index in [4.69, 9.17) is 28.1 Å². The van der Waals surface area contributed by atoms with Crippen molar-refractivity contribution in [1.82, 2.24) is 4.98 Å². The fourth-order valence-electron chi connectivity index (χ4n) is 3.50. The van der Waals surface area contributed by atoms with Gasteiger partial charge in [0.2, 0.25) is 5.89 Å². The summed E-state index contributed by atoms with van der Waals surface area (Å²) in [5.74, 6) is 2.74. The average Bonchev–Trinajstić information content (AvgIpc) is 3.23. The summed E-state index contributed by atoms with van der Waals surface area (Å²) in [4.78, 5) is 16.6. The molecule has 182 valence electrons. The summed E-state index contributed by atoms with van der Waals surface area (Å²) < 4.78 is 32.9. The summed E-state index contributed by atoms with van der Waals surface area (Å²) in [5.41, 5.74) is 3.43. The van der Waals surface area contributed by atoms with Gasteiger partial charge in [-0.1, -0.05) is 6.07 Å². The van der Waals surface area contributed by atoms with Crippen molar-refractivity contribution in [3.8, 4) is 28.7 Å². The molecule has 0 aliphatic rings. The van der Waals surface area contributed by atoms with Crippen LogP contribution < -0.4 is 14.2 Å². The van der Waals surface area contributed by atoms with Crippen LogP contribution in [0.2, 0.25) is 0 Å². The monoisotopic (exact) mass is 469 g/mol. The van der Waals surface area contributed by atoms with Gasteiger partial charge in [-0.05, 0) is 56.2 Å². The third-order valence-electron chi connectivity index (χ3n) is 5.42. The molecule has 1 atom stereocenters. The van der Waals surface area contributed by atoms with Crippen LogP contribution >= 0.6 is 0 Å². The largest absolute Gasteiger partial charge is 0.497 e. The quantitative estimate of drug-likeness (QED) is 0.374. The van der Waals surface area contributed by atoms with Crippen LogP contribution in [0.1, 0.15) is 29.5 Å². The minimum absolute atomic E-state index is 0.249. The zero-order chi connectivity index (χ0) is 24.7. The minimum Gasteiger partial charge on any atom is -0.497 e. The molecule has 1 heterocycles. The van der Waals surface area contributed by atoms with Gasteiger partial charge in [-0.15, -0.1) is 0 Å². The van der Waals surface area contributed by atoms with Crippen LogP contribution in [-0.4, -0.2) is 45.0 Å². The number of hydrogen-bond donors (Lipinski definition) is 0. The first-order valence-electron chi connectivity index (χ1n) is 11.0. The molecule has 0 radical (unpaired) electrons. The second-order valence-corrected chi connectivity index (χ2v) is 7.67. The molecule has 2 aromatic carbocycles. The highest BCUT2D eigenvalue weighted by Gasteiger charge is 2.21. The van der Waals surface area contributed by atoms with E-state index in [0.717, 1.165) is 16.7 Å². The van der Waals surface area contributed by atoms with Gasteiger partial charge in [-0.2, -0.15) is 0 Å². The Morgan fingerprint density at radius 2 is 1.71 bits per heavy atom. The number of aryl methyl sites for hydroxylation is 2. The molecule has 1 aromatic heterocycles. The highest BCUT2D eigenvalue weighted by molar-refractivity contribution is 5.75. The zero-order valence-corrected chi connectivity index (χ0v) is 20.5. The van der Waals surface area contributed by atoms with Gasteiger partial charge in [0.05, 0.1) is 21.3 Å². The van der Waals surface area contributed by atoms with E-state index in [2.05, 4.69) is 4.98 Å². The first-order chi connectivity index (χ1) is 16.4. The number of nitrogens with zero attached hydrogens (tertiary/aromatic N) is 1. The number of aromatic nitrogens is 1. The number of rotatable bonds is 11. The van der Waals surface area contributed by atoms with E-state index in [0.29, 0.717) is 47.6 Å². The summed E-state index contributed by atoms with van der Waals surface area (Å²) in [6.45, 7) is 6.35. The summed E-state index contributed by atoms with van der Waals surface area (Å²) in [6.07, 6.45) is -0.200. The SMILES string of the molecule is CCOC(Cc1ccc(OCc2nc(-c3cc(OC)cc(OC)c3)oc2C)cc1C)C(=O)OC. The van der Waals surface area contributed by atoms with Gasteiger partial charge in [0.15, 0.2) is 6.10 Å². The second-order valence-electron chi connectivity index (χ2n) is 7.67. The standard InChI is InChI=1S/C26H31NO7/c1-7-32-24(26(28)31-6)13-18-8-9-20(10-16(18)2)33-15-23-17(3)34-25(27-23)19-11-21(29-4)14-22(12-19)30-5/h8-12,14,24H,7,13,15H2,1-6H3. The van der Waals surface area contributed by atoms with Crippen molar-refractivity contribution in [3.05, 3.63) is 59.0 Å². The highest BCUT2D eigenvalue weighted by atomic mass is 16.6. The van der Waals surface area contributed by atoms with Crippen LogP contribution in [0.25, 0.3) is 11.5 Å². The fourth-order valence-corrected chi connectivity index (χ4v) is 3.50. The maximum Gasteiger partial charge on any atom is 0.335 e. The van der Waals surface area contributed by atoms with Crippen LogP contribution in [0.4, 0.5) is 0 Å². The maximum absolute atomic E-state index is 12.0. The Bertz CT molecular complexity index is 1100. The number of oxazole rings is 1. The second kappa shape index (κ2) is 11.6. The van der Waals surface area contributed by atoms with E-state index < -0.39 is 6.10 Å². The number of hydrogen-bond acceptors (Lipinski definition) is 8. The smallest absolute Gasteiger partial charge is 0.335 e. The Morgan fingerprint density at radius 1 is 1.00 bits per heavy atom. The Balaban J connectivity index is 1.71. The Morgan fingerprint density at radius 3 is 2.29 bits per heavy atom. The molecular weight excluding hydrogens is 438 g/mol. The van der Waals surface area contributed by atoms with Crippen molar-refractivity contribution < 1.29 is 32.9 Å². The van der Waals surface area contributed by atoms with Crippen molar-refractivity contribution in [2.24, 2.45) is 0 Å². The molecule has 0 N–H and O–H groups in total. The predicted octanol–water partition coefficient (Wildman–Crippen LogP) is 4.68. The lowest BCUT2D eigenvalue weighted by atomic mass is 10.0. The highest BCUT2D eigenvalue weighted by Crippen LogP contribution is 2.31. The predicted molar refractivity (Wildman–Crippen MR) is 126 cm³/mol. The zero-order valence-electron chi connectivity index (χ0n) is 20.5. The normalized spacial score (nSPS) is 11.7. The molecule has 8 nitrogen and oxygen atoms in total. The van der Waals surface area contributed by atoms with Gasteiger partial charge in [-0.25, -0.2) is 9.78 Å². The van der Waals surface area contributed by atoms with Crippen molar-refractivity contribution in [3.63, 3.8) is 0 Å². The molecule has 34 heavy (non-hydrogen) atoms. The molecule has 0 aliphatic heterocycles. The molecule has 8 heteroatoms. The molecule has 0 bridgehead atoms. The lowest BCUT2D eigenvalue weighted by Gasteiger charge is -2.16. The van der Waals surface area contributed by atoms with Gasteiger partial charge in [0.25, 0.3) is 0 Å². The molecular formula is C26H31NO7. The van der Waals surface area contributed by atoms with Gasteiger partial charge in [0, 0.05) is 24.7 Å². The number of esters is 1. The van der Waals surface area contributed by atoms with Gasteiger partial charge in [0.1, 0.15) is 35.3 Å². The van der Waals surface area contributed by atoms with Crippen LogP contribution in [0.5, 0.6) is 17.2 Å². The van der Waals surface area contributed by atoms with Crippen LogP contribution in [0.15, 0.2) is 40.8 Å². The molecule has 0 spiro atoms. The summed E-state index contributed by atoms with van der Waals surface area (Å²) in [7, 11) is 4.55. The van der Waals surface area contributed by atoms with Crippen LogP contribution in [0.3, 0.4) is 0 Å². The summed E-state index contributed by atoms with van der Waals surface area (Å²) in [6, 6.07) is 11.2. The molecule has 1 unspecified atom stereocenters. The molecule has 3 aromatic rings. The van der Waals surface area contributed by atoms with Gasteiger partial charge in [-0.3, -0.25) is 0 Å². The summed E-state index contributed by atoms with van der Waals surface area (Å²) >= 11 is 0. The third-order valence-corrected chi connectivity index (χ3v) is 5.42. The van der Waals surface area contributed by atoms with E-state index >= 15 is 0 Å². The van der Waals surface area contributed by atoms with Crippen molar-refractivity contribution in [2.75, 3.05) is 27.9 Å². The average molecular weight is 470 g/mol. The molecule has 0 saturated heterocycles. The molecule has 0 saturated carbocycles. The van der Waals surface area contributed by atoms with Crippen LogP contribution in [0, 0.1) is 13.8 Å². The molecule has 0 amide bonds. The van der Waals surface area contributed by atoms with Crippen molar-refractivity contribution in [2.45, 2.75) is 39.9 Å². The number of carbonyl (C=O) groups excluding carboxylic acids is 1. The van der Waals surface area contributed by atoms with Crippen molar-refractivity contribution >= 4 is 5.97 Å². The third kappa shape index (κ3) is 6.08. The van der Waals surface area contributed by atoms with Gasteiger partial charge >= 0.3 is 5.97 Å². The van der Waals surface area contributed by atoms with E-state index in [1.807, 2.05) is 51.1 Å². The van der Waals surface area contributed by atoms with Gasteiger partial charge < -0.3 is 28.1 Å². The first-order valence-corrected chi connectivity index (χ1v) is 11.0. The Kier molecular flexibility index (Phi) is 8.54. The topological polar surface area (TPSA) is 89.3 Å². The maximum atomic E-state index is 12.0. The molecule has 0 aliphatic carbocycles. The number of methoxy groups -OCH3 is 3. The van der Waals surface area contributed by atoms with E-state index in [-0.39, 0.29) is 12.6 Å². The van der Waals surface area contributed by atoms with Crippen LogP contribution in [-0.2, 0) is 27.3 Å². The van der Waals surface area contributed by atoms with E-state index in [1.54, 1.807) is 20.3 Å². The Hall–Kier alpha value is -3.52. The number of benzene rings is 2.